The fraction of sp³-hybridized carbons (Fsp3) is 0.647. The highest BCUT2D eigenvalue weighted by atomic mass is 32.2. The average Bonchev–Trinajstić information content (AvgIpc) is 3.45. The van der Waals surface area contributed by atoms with Gasteiger partial charge in [0.15, 0.2) is 17.8 Å². The lowest BCUT2D eigenvalue weighted by atomic mass is 10.0. The van der Waals surface area contributed by atoms with Crippen molar-refractivity contribution in [2.75, 3.05) is 32.0 Å². The lowest BCUT2D eigenvalue weighted by molar-refractivity contribution is -0.163. The number of nitrogens with zero attached hydrogens (tertiary/aromatic N) is 2. The van der Waals surface area contributed by atoms with E-state index in [1.54, 1.807) is 0 Å². The predicted octanol–water partition coefficient (Wildman–Crippen LogP) is -1.47. The number of hydrogen-bond donors (Lipinski definition) is 4. The Labute approximate surface area is 180 Å². The van der Waals surface area contributed by atoms with Crippen LogP contribution in [0.3, 0.4) is 0 Å². The summed E-state index contributed by atoms with van der Waals surface area (Å²) in [6, 6.07) is -0.460. The van der Waals surface area contributed by atoms with Gasteiger partial charge in [0, 0.05) is 19.2 Å². The van der Waals surface area contributed by atoms with Gasteiger partial charge in [-0.15, -0.1) is 0 Å². The topological polar surface area (TPSA) is 187 Å². The molecule has 2 heterocycles. The summed E-state index contributed by atoms with van der Waals surface area (Å²) in [5.41, 5.74) is 4.21. The van der Waals surface area contributed by atoms with E-state index in [0.717, 1.165) is 6.54 Å². The van der Waals surface area contributed by atoms with E-state index < -0.39 is 27.8 Å². The van der Waals surface area contributed by atoms with Crippen molar-refractivity contribution in [2.24, 2.45) is 10.7 Å². The first-order valence-electron chi connectivity index (χ1n) is 9.82. The number of carbonyl (C=O) groups excluding carboxylic acids is 2. The number of esters is 1. The van der Waals surface area contributed by atoms with Crippen molar-refractivity contribution in [1.82, 2.24) is 20.5 Å². The molecule has 0 saturated carbocycles. The van der Waals surface area contributed by atoms with Crippen LogP contribution in [0.1, 0.15) is 31.9 Å². The summed E-state index contributed by atoms with van der Waals surface area (Å²) in [4.78, 5) is 27.4. The minimum Gasteiger partial charge on any atom is -0.394 e. The molecule has 0 aliphatic carbocycles. The first-order chi connectivity index (χ1) is 14.8. The van der Waals surface area contributed by atoms with E-state index in [1.165, 1.54) is 12.3 Å². The summed E-state index contributed by atoms with van der Waals surface area (Å²) < 4.78 is 42.3. The summed E-state index contributed by atoms with van der Waals surface area (Å²) in [5.74, 6) is -0.935. The molecule has 1 aliphatic heterocycles. The second-order valence-electron chi connectivity index (χ2n) is 6.71. The lowest BCUT2D eigenvalue weighted by Crippen LogP contribution is -2.62. The molecule has 1 aromatic rings. The molecule has 174 valence electrons. The van der Waals surface area contributed by atoms with Crippen molar-refractivity contribution in [3.63, 3.8) is 0 Å². The van der Waals surface area contributed by atoms with E-state index in [-0.39, 0.29) is 24.6 Å². The summed E-state index contributed by atoms with van der Waals surface area (Å²) in [5, 5.41) is 9.67. The number of unbranched alkanes of at least 4 members (excludes halogenated alkanes) is 1. The molecule has 0 fully saturated rings. The molecule has 2 atom stereocenters. The number of carbonyl (C=O) groups is 2. The molecule has 1 aliphatic rings. The van der Waals surface area contributed by atoms with Crippen LogP contribution in [0, 0.1) is 0 Å². The molecule has 0 bridgehead atoms. The van der Waals surface area contributed by atoms with Crippen LogP contribution in [-0.4, -0.2) is 70.0 Å². The highest BCUT2D eigenvalue weighted by Gasteiger charge is 2.48. The normalized spacial score (nSPS) is 16.6. The molecule has 2 rings (SSSR count). The van der Waals surface area contributed by atoms with Gasteiger partial charge in [0.05, 0.1) is 25.1 Å². The van der Waals surface area contributed by atoms with E-state index >= 15 is 0 Å². The third-order valence-electron chi connectivity index (χ3n) is 4.34. The fourth-order valence-corrected chi connectivity index (χ4v) is 4.17. The molecule has 0 radical (unpaired) electrons. The molecule has 0 aromatic carbocycles. The first-order valence-corrected chi connectivity index (χ1v) is 11.5. The maximum atomic E-state index is 12.5. The molecule has 13 nitrogen and oxygen atoms in total. The summed E-state index contributed by atoms with van der Waals surface area (Å²) >= 11 is 0. The highest BCUT2D eigenvalue weighted by Crippen LogP contribution is 2.26. The molecule has 31 heavy (non-hydrogen) atoms. The van der Waals surface area contributed by atoms with Gasteiger partial charge < -0.3 is 24.6 Å². The van der Waals surface area contributed by atoms with Crippen LogP contribution in [-0.2, 0) is 34.8 Å². The Balaban J connectivity index is 2.16. The third-order valence-corrected chi connectivity index (χ3v) is 5.77. The van der Waals surface area contributed by atoms with Crippen LogP contribution < -0.4 is 21.1 Å². The molecule has 2 unspecified atom stereocenters. The van der Waals surface area contributed by atoms with Gasteiger partial charge in [-0.25, -0.2) is 13.2 Å². The van der Waals surface area contributed by atoms with Crippen LogP contribution in [0.5, 0.6) is 0 Å². The summed E-state index contributed by atoms with van der Waals surface area (Å²) in [6.07, 6.45) is 2.67. The number of hydrogen-bond acceptors (Lipinski definition) is 12. The third kappa shape index (κ3) is 7.27. The number of ether oxygens (including phenoxy) is 2. The molecular weight excluding hydrogens is 432 g/mol. The maximum Gasteiger partial charge on any atom is 0.336 e. The van der Waals surface area contributed by atoms with Gasteiger partial charge in [0.25, 0.3) is 0 Å². The van der Waals surface area contributed by atoms with Gasteiger partial charge in [0.2, 0.25) is 15.7 Å². The Bertz CT molecular complexity index is 845. The van der Waals surface area contributed by atoms with E-state index in [9.17, 15) is 18.0 Å². The molecule has 0 spiro atoms. The highest BCUT2D eigenvalue weighted by molar-refractivity contribution is 7.89. The van der Waals surface area contributed by atoms with E-state index in [1.807, 2.05) is 6.92 Å². The molecule has 5 N–H and O–H groups in total. The zero-order chi connectivity index (χ0) is 22.7. The van der Waals surface area contributed by atoms with Gasteiger partial charge in [-0.05, 0) is 12.8 Å². The molecule has 1 aromatic heterocycles. The molecular formula is C17H28N6O7S. The second-order valence-corrected chi connectivity index (χ2v) is 8.59. The number of rotatable bonds is 14. The van der Waals surface area contributed by atoms with Crippen LogP contribution in [0.4, 0.5) is 0 Å². The van der Waals surface area contributed by atoms with E-state index in [0.29, 0.717) is 38.3 Å². The van der Waals surface area contributed by atoms with E-state index in [4.69, 9.17) is 15.0 Å². The number of guanidine groups is 1. The molecule has 0 amide bonds. The van der Waals surface area contributed by atoms with Gasteiger partial charge in [-0.1, -0.05) is 18.5 Å². The van der Waals surface area contributed by atoms with Gasteiger partial charge in [-0.3, -0.25) is 15.5 Å². The Morgan fingerprint density at radius 2 is 2.29 bits per heavy atom. The number of nitrogens with two attached hydrogens (primary N) is 1. The molecule has 0 saturated heterocycles. The predicted molar refractivity (Wildman–Crippen MR) is 109 cm³/mol. The lowest BCUT2D eigenvalue weighted by Gasteiger charge is -2.33. The Morgan fingerprint density at radius 3 is 2.90 bits per heavy atom. The number of aliphatic imine (C=N–C) groups is 1. The minimum absolute atomic E-state index is 0.0129. The fourth-order valence-electron chi connectivity index (χ4n) is 2.75. The molecule has 14 heteroatoms. The Hall–Kier alpha value is -2.55. The Kier molecular flexibility index (Phi) is 9.36. The van der Waals surface area contributed by atoms with Gasteiger partial charge in [-0.2, -0.15) is 4.72 Å². The largest absolute Gasteiger partial charge is 0.394 e. The number of nitrogens with one attached hydrogen (secondary N) is 3. The van der Waals surface area contributed by atoms with Gasteiger partial charge >= 0.3 is 12.4 Å². The standard InChI is InChI=1S/C17H28N6O7S/c1-2-3-11-31(26,27)23-14(15(25)28-12-24)17(18,13-5-7-22-30-13)29-10-4-6-19-16-20-8-9-21-16/h5,7,12,14,23H,2-4,6,8-11,18H2,1H3,(H2,19,20,21). The van der Waals surface area contributed by atoms with Crippen molar-refractivity contribution in [3.05, 3.63) is 18.0 Å². The zero-order valence-electron chi connectivity index (χ0n) is 17.2. The van der Waals surface area contributed by atoms with Crippen LogP contribution in [0.2, 0.25) is 0 Å². The van der Waals surface area contributed by atoms with Crippen LogP contribution >= 0.6 is 0 Å². The maximum absolute atomic E-state index is 12.5. The summed E-state index contributed by atoms with van der Waals surface area (Å²) in [7, 11) is -3.95. The average molecular weight is 461 g/mol. The number of aromatic nitrogens is 1. The zero-order valence-corrected chi connectivity index (χ0v) is 18.0. The summed E-state index contributed by atoms with van der Waals surface area (Å²) in [6.45, 7) is 3.64. The minimum atomic E-state index is -3.95. The van der Waals surface area contributed by atoms with Crippen molar-refractivity contribution in [2.45, 2.75) is 38.0 Å². The first kappa shape index (κ1) is 24.7. The SMILES string of the molecule is CCCCS(=O)(=O)NC(C(=O)OC=O)C(N)(OCCCNC1=NCCN1)c1ccno1. The van der Waals surface area contributed by atoms with Gasteiger partial charge in [0.1, 0.15) is 0 Å². The van der Waals surface area contributed by atoms with Crippen LogP contribution in [0.15, 0.2) is 21.8 Å². The van der Waals surface area contributed by atoms with E-state index in [2.05, 4.69) is 30.2 Å². The van der Waals surface area contributed by atoms with Crippen molar-refractivity contribution >= 4 is 28.4 Å². The second kappa shape index (κ2) is 11.7. The van der Waals surface area contributed by atoms with Crippen molar-refractivity contribution in [1.29, 1.82) is 0 Å². The smallest absolute Gasteiger partial charge is 0.336 e. The van der Waals surface area contributed by atoms with Crippen molar-refractivity contribution < 1.29 is 32.0 Å². The quantitative estimate of drug-likeness (QED) is 0.0834. The number of sulfonamides is 1. The Morgan fingerprint density at radius 1 is 1.48 bits per heavy atom. The monoisotopic (exact) mass is 460 g/mol. The van der Waals surface area contributed by atoms with Crippen molar-refractivity contribution in [3.8, 4) is 0 Å². The van der Waals surface area contributed by atoms with Crippen LogP contribution in [0.25, 0.3) is 0 Å².